The number of hydrogen-bond donors (Lipinski definition) is 3. The molecule has 0 fully saturated rings. The molecule has 0 heterocycles. The first-order chi connectivity index (χ1) is 15.6. The number of halogens is 3. The Balaban J connectivity index is 1.90. The molecule has 1 unspecified atom stereocenters. The molecule has 0 aliphatic carbocycles. The number of thiocarbonyl (C=S) groups is 1. The van der Waals surface area contributed by atoms with Crippen LogP contribution < -0.4 is 25.6 Å². The molecule has 2 rings (SSSR count). The second kappa shape index (κ2) is 13.0. The van der Waals surface area contributed by atoms with Crippen LogP contribution in [0.5, 0.6) is 11.5 Å². The Labute approximate surface area is 216 Å². The average molecular weight is 577 g/mol. The molecule has 2 amide bonds. The summed E-state index contributed by atoms with van der Waals surface area (Å²) < 4.78 is 12.0. The molecule has 0 aliphatic rings. The van der Waals surface area contributed by atoms with Gasteiger partial charge in [0, 0.05) is 9.50 Å². The predicted molar refractivity (Wildman–Crippen MR) is 137 cm³/mol. The lowest BCUT2D eigenvalue weighted by atomic mass is 10.1. The van der Waals surface area contributed by atoms with E-state index in [2.05, 4.69) is 45.9 Å². The Morgan fingerprint density at radius 1 is 1.06 bits per heavy atom. The van der Waals surface area contributed by atoms with Crippen molar-refractivity contribution in [1.29, 1.82) is 0 Å². The maximum Gasteiger partial charge on any atom is 0.279 e. The molecule has 2 aromatic carbocycles. The zero-order chi connectivity index (χ0) is 24.5. The van der Waals surface area contributed by atoms with Gasteiger partial charge >= 0.3 is 0 Å². The van der Waals surface area contributed by atoms with E-state index in [1.54, 1.807) is 30.3 Å². The van der Waals surface area contributed by atoms with E-state index < -0.39 is 17.9 Å². The van der Waals surface area contributed by atoms with Crippen LogP contribution in [-0.4, -0.2) is 29.6 Å². The van der Waals surface area contributed by atoms with Crippen LogP contribution in [0.4, 0.5) is 0 Å². The molecule has 3 N–H and O–H groups in total. The molecule has 2 aromatic rings. The minimum Gasteiger partial charge on any atom is -0.493 e. The summed E-state index contributed by atoms with van der Waals surface area (Å²) in [7, 11) is 0. The lowest BCUT2D eigenvalue weighted by molar-refractivity contribution is -0.127. The summed E-state index contributed by atoms with van der Waals surface area (Å²) in [4.78, 5) is 25.0. The molecule has 178 valence electrons. The van der Waals surface area contributed by atoms with Gasteiger partial charge < -0.3 is 9.47 Å². The monoisotopic (exact) mass is 575 g/mol. The smallest absolute Gasteiger partial charge is 0.279 e. The van der Waals surface area contributed by atoms with Crippen molar-refractivity contribution >= 4 is 68.3 Å². The Morgan fingerprint density at radius 3 is 2.42 bits per heavy atom. The fraction of sp³-hybridized carbons (Fsp3) is 0.318. The van der Waals surface area contributed by atoms with E-state index in [0.717, 1.165) is 6.42 Å². The number of ether oxygens (including phenoxy) is 2. The molecule has 11 heteroatoms. The summed E-state index contributed by atoms with van der Waals surface area (Å²) in [5.74, 6) is 0.196. The van der Waals surface area contributed by atoms with E-state index in [1.165, 1.54) is 13.0 Å². The SMILES string of the molecule is CC(C)CCOc1ccc(Br)cc1C(=O)NC(=S)NNC(=O)C(C)Oc1ccc(Cl)cc1Cl. The lowest BCUT2D eigenvalue weighted by Gasteiger charge is -2.17. The normalized spacial score (nSPS) is 11.5. The van der Waals surface area contributed by atoms with Gasteiger partial charge in [0.1, 0.15) is 11.5 Å². The average Bonchev–Trinajstić information content (AvgIpc) is 2.74. The second-order valence-corrected chi connectivity index (χ2v) is 9.57. The number of hydrazine groups is 1. The molecule has 0 spiro atoms. The van der Waals surface area contributed by atoms with Gasteiger partial charge in [-0.15, -0.1) is 0 Å². The van der Waals surface area contributed by atoms with E-state index in [-0.39, 0.29) is 10.1 Å². The molecule has 0 aromatic heterocycles. The molecule has 1 atom stereocenters. The summed E-state index contributed by atoms with van der Waals surface area (Å²) in [6.07, 6.45) is -0.0503. The molecule has 0 aliphatic heterocycles. The number of rotatable bonds is 8. The van der Waals surface area contributed by atoms with Crippen molar-refractivity contribution in [3.63, 3.8) is 0 Å². The highest BCUT2D eigenvalue weighted by atomic mass is 79.9. The Bertz CT molecular complexity index is 1020. The predicted octanol–water partition coefficient (Wildman–Crippen LogP) is 5.28. The maximum atomic E-state index is 12.7. The molecule has 33 heavy (non-hydrogen) atoms. The first-order valence-corrected chi connectivity index (χ1v) is 12.0. The summed E-state index contributed by atoms with van der Waals surface area (Å²) in [6.45, 7) is 6.19. The highest BCUT2D eigenvalue weighted by Crippen LogP contribution is 2.28. The van der Waals surface area contributed by atoms with Gasteiger partial charge in [0.2, 0.25) is 0 Å². The highest BCUT2D eigenvalue weighted by molar-refractivity contribution is 9.10. The van der Waals surface area contributed by atoms with Crippen LogP contribution in [0.2, 0.25) is 10.0 Å². The summed E-state index contributed by atoms with van der Waals surface area (Å²) in [5, 5.41) is 3.14. The van der Waals surface area contributed by atoms with Gasteiger partial charge in [-0.25, -0.2) is 0 Å². The lowest BCUT2D eigenvalue weighted by Crippen LogP contribution is -2.51. The van der Waals surface area contributed by atoms with Gasteiger partial charge in [0.25, 0.3) is 11.8 Å². The van der Waals surface area contributed by atoms with Gasteiger partial charge in [0.15, 0.2) is 11.2 Å². The van der Waals surface area contributed by atoms with Crippen molar-refractivity contribution < 1.29 is 19.1 Å². The molecule has 0 bridgehead atoms. The highest BCUT2D eigenvalue weighted by Gasteiger charge is 2.18. The number of hydrogen-bond acceptors (Lipinski definition) is 5. The number of nitrogens with one attached hydrogen (secondary N) is 3. The van der Waals surface area contributed by atoms with Crippen molar-refractivity contribution in [2.24, 2.45) is 5.92 Å². The number of amides is 2. The van der Waals surface area contributed by atoms with Crippen LogP contribution in [0.1, 0.15) is 37.6 Å². The fourth-order valence-electron chi connectivity index (χ4n) is 2.45. The second-order valence-electron chi connectivity index (χ2n) is 7.40. The molecule has 0 radical (unpaired) electrons. The standard InChI is InChI=1S/C22H24BrCl2N3O4S/c1-12(2)8-9-31-18-6-4-14(23)10-16(18)21(30)26-22(33)28-27-20(29)13(3)32-19-7-5-15(24)11-17(19)25/h4-7,10-13H,8-9H2,1-3H3,(H,27,29)(H2,26,28,30,33). The van der Waals surface area contributed by atoms with E-state index in [9.17, 15) is 9.59 Å². The molecule has 0 saturated heterocycles. The number of carbonyl (C=O) groups excluding carboxylic acids is 2. The Morgan fingerprint density at radius 2 is 1.76 bits per heavy atom. The zero-order valence-electron chi connectivity index (χ0n) is 18.2. The zero-order valence-corrected chi connectivity index (χ0v) is 22.1. The fourth-order valence-corrected chi connectivity index (χ4v) is 3.40. The van der Waals surface area contributed by atoms with E-state index in [0.29, 0.717) is 39.1 Å². The van der Waals surface area contributed by atoms with Gasteiger partial charge in [-0.05, 0) is 67.9 Å². The third-order valence-corrected chi connectivity index (χ3v) is 5.46. The quantitative estimate of drug-likeness (QED) is 0.292. The summed E-state index contributed by atoms with van der Waals surface area (Å²) in [6, 6.07) is 9.79. The van der Waals surface area contributed by atoms with Crippen LogP contribution in [0.3, 0.4) is 0 Å². The van der Waals surface area contributed by atoms with Crippen LogP contribution in [0.25, 0.3) is 0 Å². The van der Waals surface area contributed by atoms with E-state index >= 15 is 0 Å². The van der Waals surface area contributed by atoms with Gasteiger partial charge in [-0.2, -0.15) is 0 Å². The van der Waals surface area contributed by atoms with Crippen LogP contribution in [0, 0.1) is 5.92 Å². The van der Waals surface area contributed by atoms with E-state index in [1.807, 2.05) is 0 Å². The van der Waals surface area contributed by atoms with Gasteiger partial charge in [-0.1, -0.05) is 53.0 Å². The van der Waals surface area contributed by atoms with Crippen molar-refractivity contribution in [2.75, 3.05) is 6.61 Å². The molecular weight excluding hydrogens is 553 g/mol. The first kappa shape index (κ1) is 27.2. The van der Waals surface area contributed by atoms with Crippen LogP contribution in [-0.2, 0) is 4.79 Å². The van der Waals surface area contributed by atoms with Crippen LogP contribution in [0.15, 0.2) is 40.9 Å². The van der Waals surface area contributed by atoms with E-state index in [4.69, 9.17) is 44.9 Å². The van der Waals surface area contributed by atoms with Crippen molar-refractivity contribution in [3.05, 3.63) is 56.5 Å². The Kier molecular flexibility index (Phi) is 10.7. The van der Waals surface area contributed by atoms with Crippen molar-refractivity contribution in [3.8, 4) is 11.5 Å². The molecule has 7 nitrogen and oxygen atoms in total. The van der Waals surface area contributed by atoms with Crippen LogP contribution >= 0.6 is 51.3 Å². The minimum absolute atomic E-state index is 0.0989. The van der Waals surface area contributed by atoms with Crippen molar-refractivity contribution in [1.82, 2.24) is 16.2 Å². The third-order valence-electron chi connectivity index (χ3n) is 4.23. The summed E-state index contributed by atoms with van der Waals surface area (Å²) >= 11 is 20.4. The third kappa shape index (κ3) is 9.00. The Hall–Kier alpha value is -2.07. The summed E-state index contributed by atoms with van der Waals surface area (Å²) in [5.41, 5.74) is 5.17. The van der Waals surface area contributed by atoms with Gasteiger partial charge in [-0.3, -0.25) is 25.8 Å². The minimum atomic E-state index is -0.902. The molecular formula is C22H24BrCl2N3O4S. The van der Waals surface area contributed by atoms with Crippen molar-refractivity contribution in [2.45, 2.75) is 33.3 Å². The first-order valence-electron chi connectivity index (χ1n) is 10.0. The largest absolute Gasteiger partial charge is 0.493 e. The van der Waals surface area contributed by atoms with Gasteiger partial charge in [0.05, 0.1) is 17.2 Å². The topological polar surface area (TPSA) is 88.7 Å². The number of carbonyl (C=O) groups is 2. The maximum absolute atomic E-state index is 12.7. The number of benzene rings is 2. The molecule has 0 saturated carbocycles.